The van der Waals surface area contributed by atoms with Crippen molar-refractivity contribution in [2.24, 2.45) is 0 Å². The van der Waals surface area contributed by atoms with E-state index in [4.69, 9.17) is 9.63 Å². The maximum Gasteiger partial charge on any atom is 0.421 e. The van der Waals surface area contributed by atoms with E-state index in [0.717, 1.165) is 0 Å². The summed E-state index contributed by atoms with van der Waals surface area (Å²) in [7, 11) is -3.80. The van der Waals surface area contributed by atoms with Crippen molar-refractivity contribution in [1.29, 1.82) is 0 Å². The van der Waals surface area contributed by atoms with Crippen LogP contribution in [0.4, 0.5) is 36.3 Å². The number of benzene rings is 2. The summed E-state index contributed by atoms with van der Waals surface area (Å²) < 4.78 is 60.6. The minimum absolute atomic E-state index is 0.00703. The Balaban J connectivity index is 1.64. The molecule has 2 aromatic heterocycles. The molecule has 1 amide bonds. The second kappa shape index (κ2) is 14.7. The number of anilines is 4. The minimum Gasteiger partial charge on any atom is -0.396 e. The molecule has 4 rings (SSSR count). The number of carbonyl (C=O) groups excluding carboxylic acids is 1. The largest absolute Gasteiger partial charge is 0.421 e. The van der Waals surface area contributed by atoms with Crippen molar-refractivity contribution in [2.75, 3.05) is 30.4 Å². The van der Waals surface area contributed by atoms with Crippen molar-refractivity contribution < 1.29 is 37.1 Å². The van der Waals surface area contributed by atoms with Gasteiger partial charge in [-0.3, -0.25) is 14.0 Å². The Morgan fingerprint density at radius 1 is 1.07 bits per heavy atom. The van der Waals surface area contributed by atoms with Crippen LogP contribution < -0.4 is 16.0 Å². The van der Waals surface area contributed by atoms with E-state index in [0.29, 0.717) is 41.5 Å². The highest BCUT2D eigenvalue weighted by Crippen LogP contribution is 2.45. The van der Waals surface area contributed by atoms with Crippen molar-refractivity contribution in [2.45, 2.75) is 39.2 Å². The molecule has 4 aromatic rings. The molecule has 0 bridgehead atoms. The third-order valence-corrected chi connectivity index (χ3v) is 7.81. The van der Waals surface area contributed by atoms with Gasteiger partial charge in [0.05, 0.1) is 30.2 Å². The standard InChI is InChI=1S/C29H33F3N7O5P/c1-3-33-27(41)23-14-20(21-15-35-39(17-21)12-5-13-40)8-11-25(23)37-26-24(29(30,31)32)16-34-28(38-26)36-22-9-6-19(7-10-22)18-45(42,43)44-4-2/h6-11,14-17,40H,3-5,12-13,18H2,1-2H3,(H,33,41)(H,42,43)(H2,34,36,37,38). The number of aromatic nitrogens is 4. The van der Waals surface area contributed by atoms with Crippen LogP contribution in [0.15, 0.2) is 61.1 Å². The highest BCUT2D eigenvalue weighted by Gasteiger charge is 2.35. The van der Waals surface area contributed by atoms with Crippen LogP contribution in [0.3, 0.4) is 0 Å². The zero-order valence-corrected chi connectivity index (χ0v) is 25.4. The van der Waals surface area contributed by atoms with Crippen LogP contribution in [0.5, 0.6) is 0 Å². The third-order valence-electron chi connectivity index (χ3n) is 6.38. The van der Waals surface area contributed by atoms with Gasteiger partial charge in [0.25, 0.3) is 5.91 Å². The van der Waals surface area contributed by atoms with Gasteiger partial charge in [0.1, 0.15) is 11.4 Å². The van der Waals surface area contributed by atoms with Crippen molar-refractivity contribution in [1.82, 2.24) is 25.1 Å². The van der Waals surface area contributed by atoms with E-state index in [2.05, 4.69) is 31.0 Å². The Bertz CT molecular complexity index is 1660. The van der Waals surface area contributed by atoms with Gasteiger partial charge in [-0.1, -0.05) is 18.2 Å². The average Bonchev–Trinajstić information content (AvgIpc) is 3.46. The van der Waals surface area contributed by atoms with Crippen molar-refractivity contribution >= 4 is 36.6 Å². The number of rotatable bonds is 14. The first-order valence-corrected chi connectivity index (χ1v) is 15.8. The van der Waals surface area contributed by atoms with Gasteiger partial charge in [0.2, 0.25) is 5.95 Å². The lowest BCUT2D eigenvalue weighted by Crippen LogP contribution is -2.24. The molecule has 0 fully saturated rings. The van der Waals surface area contributed by atoms with E-state index in [1.165, 1.54) is 6.07 Å². The second-order valence-corrected chi connectivity index (χ2v) is 11.7. The number of aliphatic hydroxyl groups excluding tert-OH is 1. The highest BCUT2D eigenvalue weighted by molar-refractivity contribution is 7.51. The maximum absolute atomic E-state index is 14.0. The fourth-order valence-electron chi connectivity index (χ4n) is 4.32. The van der Waals surface area contributed by atoms with Gasteiger partial charge in [-0.2, -0.15) is 23.3 Å². The van der Waals surface area contributed by atoms with E-state index in [-0.39, 0.29) is 43.1 Å². The van der Waals surface area contributed by atoms with Gasteiger partial charge in [-0.05, 0) is 55.7 Å². The molecular weight excluding hydrogens is 614 g/mol. The molecule has 2 aromatic carbocycles. The quantitative estimate of drug-likeness (QED) is 0.107. The number of alkyl halides is 3. The van der Waals surface area contributed by atoms with Crippen LogP contribution in [-0.4, -0.2) is 55.4 Å². The molecule has 0 aliphatic heterocycles. The Hall–Kier alpha value is -4.30. The van der Waals surface area contributed by atoms with E-state index < -0.39 is 31.1 Å². The maximum atomic E-state index is 14.0. The van der Waals surface area contributed by atoms with Crippen molar-refractivity contribution in [3.8, 4) is 11.1 Å². The predicted octanol–water partition coefficient (Wildman–Crippen LogP) is 5.70. The molecule has 1 atom stereocenters. The van der Waals surface area contributed by atoms with Crippen molar-refractivity contribution in [3.05, 3.63) is 77.7 Å². The normalized spacial score (nSPS) is 12.9. The summed E-state index contributed by atoms with van der Waals surface area (Å²) in [5.41, 5.74) is 1.26. The lowest BCUT2D eigenvalue weighted by Gasteiger charge is -2.17. The summed E-state index contributed by atoms with van der Waals surface area (Å²) in [5, 5.41) is 21.5. The Kier molecular flexibility index (Phi) is 10.9. The molecule has 0 radical (unpaired) electrons. The van der Waals surface area contributed by atoms with Crippen LogP contribution in [0.1, 0.15) is 41.8 Å². The Morgan fingerprint density at radius 2 is 1.82 bits per heavy atom. The molecule has 12 nitrogen and oxygen atoms in total. The SMILES string of the molecule is CCNC(=O)c1cc(-c2cnn(CCCO)c2)ccc1Nc1nc(Nc2ccc(CP(=O)(O)OCC)cc2)ncc1C(F)(F)F. The second-order valence-electron chi connectivity index (χ2n) is 9.80. The molecule has 0 saturated carbocycles. The van der Waals surface area contributed by atoms with E-state index in [9.17, 15) is 27.4 Å². The summed E-state index contributed by atoms with van der Waals surface area (Å²) in [4.78, 5) is 30.8. The summed E-state index contributed by atoms with van der Waals surface area (Å²) in [6.45, 7) is 4.20. The van der Waals surface area contributed by atoms with Gasteiger partial charge >= 0.3 is 13.8 Å². The number of carbonyl (C=O) groups is 1. The molecule has 0 aliphatic carbocycles. The first kappa shape index (κ1) is 33.6. The molecule has 0 aliphatic rings. The van der Waals surface area contributed by atoms with Gasteiger partial charge in [-0.25, -0.2) is 4.98 Å². The smallest absolute Gasteiger partial charge is 0.396 e. The number of hydrogen-bond donors (Lipinski definition) is 5. The lowest BCUT2D eigenvalue weighted by molar-refractivity contribution is -0.137. The molecule has 240 valence electrons. The summed E-state index contributed by atoms with van der Waals surface area (Å²) in [6, 6.07) is 11.0. The molecule has 2 heterocycles. The number of nitrogens with one attached hydrogen (secondary N) is 3. The van der Waals surface area contributed by atoms with Crippen LogP contribution in [0.25, 0.3) is 11.1 Å². The van der Waals surface area contributed by atoms with Crippen LogP contribution >= 0.6 is 7.60 Å². The fourth-order valence-corrected chi connectivity index (χ4v) is 5.48. The van der Waals surface area contributed by atoms with Crippen LogP contribution in [0, 0.1) is 0 Å². The molecular formula is C29H33F3N7O5P. The van der Waals surface area contributed by atoms with Crippen LogP contribution in [-0.2, 0) is 28.0 Å². The number of hydrogen-bond acceptors (Lipinski definition) is 9. The predicted molar refractivity (Wildman–Crippen MR) is 163 cm³/mol. The zero-order chi connectivity index (χ0) is 32.6. The molecule has 5 N–H and O–H groups in total. The molecule has 0 saturated heterocycles. The molecule has 45 heavy (non-hydrogen) atoms. The van der Waals surface area contributed by atoms with Crippen molar-refractivity contribution in [3.63, 3.8) is 0 Å². The highest BCUT2D eigenvalue weighted by atomic mass is 31.2. The Labute approximate surface area is 257 Å². The van der Waals surface area contributed by atoms with E-state index >= 15 is 0 Å². The summed E-state index contributed by atoms with van der Waals surface area (Å²) >= 11 is 0. The minimum atomic E-state index is -4.81. The molecule has 1 unspecified atom stereocenters. The van der Waals surface area contributed by atoms with Gasteiger partial charge < -0.3 is 30.5 Å². The molecule has 16 heteroatoms. The summed E-state index contributed by atoms with van der Waals surface area (Å²) in [5.74, 6) is -1.25. The first-order chi connectivity index (χ1) is 21.4. The number of aliphatic hydroxyl groups is 1. The topological polar surface area (TPSA) is 164 Å². The van der Waals surface area contributed by atoms with Gasteiger partial charge in [0.15, 0.2) is 0 Å². The van der Waals surface area contributed by atoms with Gasteiger partial charge in [-0.15, -0.1) is 0 Å². The first-order valence-electron chi connectivity index (χ1n) is 14.0. The van der Waals surface area contributed by atoms with Crippen LogP contribution in [0.2, 0.25) is 0 Å². The lowest BCUT2D eigenvalue weighted by atomic mass is 10.0. The molecule has 0 spiro atoms. The van der Waals surface area contributed by atoms with E-state index in [1.54, 1.807) is 67.3 Å². The Morgan fingerprint density at radius 3 is 2.49 bits per heavy atom. The number of nitrogens with zero attached hydrogens (tertiary/aromatic N) is 4. The zero-order valence-electron chi connectivity index (χ0n) is 24.5. The summed E-state index contributed by atoms with van der Waals surface area (Å²) in [6.07, 6.45) is -0.521. The number of amides is 1. The fraction of sp³-hybridized carbons (Fsp3) is 0.310. The average molecular weight is 648 g/mol. The monoisotopic (exact) mass is 647 g/mol. The number of halogens is 3. The van der Waals surface area contributed by atoms with Gasteiger partial charge in [0, 0.05) is 43.3 Å². The van der Waals surface area contributed by atoms with E-state index in [1.807, 2.05) is 0 Å². The third kappa shape index (κ3) is 9.11. The number of aryl methyl sites for hydroxylation is 1.